The highest BCUT2D eigenvalue weighted by atomic mass is 19.1. The van der Waals surface area contributed by atoms with Crippen LogP contribution in [0.2, 0.25) is 0 Å². The zero-order valence-corrected chi connectivity index (χ0v) is 17.6. The molecule has 1 aliphatic carbocycles. The number of carboxylic acid groups (broad SMARTS) is 1. The van der Waals surface area contributed by atoms with Gasteiger partial charge in [0.25, 0.3) is 0 Å². The lowest BCUT2D eigenvalue weighted by Gasteiger charge is -2.14. The number of carboxylic acids is 1. The Morgan fingerprint density at radius 1 is 1.12 bits per heavy atom. The van der Waals surface area contributed by atoms with Gasteiger partial charge in [-0.25, -0.2) is 18.4 Å². The second-order valence-corrected chi connectivity index (χ2v) is 7.84. The normalized spacial score (nSPS) is 19.3. The van der Waals surface area contributed by atoms with E-state index in [0.717, 1.165) is 28.1 Å². The van der Waals surface area contributed by atoms with Crippen molar-refractivity contribution in [1.82, 2.24) is 0 Å². The highest BCUT2D eigenvalue weighted by Gasteiger charge is 2.42. The summed E-state index contributed by atoms with van der Waals surface area (Å²) in [6.07, 6.45) is 6.80. The molecule has 8 heteroatoms. The molecule has 0 saturated carbocycles. The number of hydrogen-bond acceptors (Lipinski definition) is 4. The first-order valence-electron chi connectivity index (χ1n) is 9.98. The van der Waals surface area contributed by atoms with Gasteiger partial charge in [0.1, 0.15) is 11.6 Å². The van der Waals surface area contributed by atoms with Gasteiger partial charge in [-0.1, -0.05) is 29.9 Å². The number of allylic oxidation sites excluding steroid dienone is 4. The summed E-state index contributed by atoms with van der Waals surface area (Å²) >= 11 is 0. The quantitative estimate of drug-likeness (QED) is 0.731. The van der Waals surface area contributed by atoms with Gasteiger partial charge >= 0.3 is 11.9 Å². The fraction of sp³-hybridized carbons (Fsp3) is 0.120. The predicted octanol–water partition coefficient (Wildman–Crippen LogP) is 0.982. The first kappa shape index (κ1) is 22.0. The van der Waals surface area contributed by atoms with Crippen LogP contribution in [0, 0.1) is 11.6 Å². The lowest BCUT2D eigenvalue weighted by molar-refractivity contribution is -0.343. The topological polar surface area (TPSA) is 89.9 Å². The molecule has 166 valence electrons. The molecule has 0 fully saturated rings. The van der Waals surface area contributed by atoms with Crippen LogP contribution in [0.25, 0.3) is 12.2 Å². The molecule has 0 bridgehead atoms. The summed E-state index contributed by atoms with van der Waals surface area (Å²) in [5, 5.41) is 14.8. The molecule has 6 nitrogen and oxygen atoms in total. The van der Waals surface area contributed by atoms with Crippen molar-refractivity contribution in [3.8, 4) is 0 Å². The maximum Gasteiger partial charge on any atom is 0.424 e. The van der Waals surface area contributed by atoms with Gasteiger partial charge in [-0.2, -0.15) is 4.99 Å². The fourth-order valence-electron chi connectivity index (χ4n) is 3.48. The molecule has 0 radical (unpaired) electrons. The summed E-state index contributed by atoms with van der Waals surface area (Å²) in [6.45, 7) is 5.49. The predicted molar refractivity (Wildman–Crippen MR) is 118 cm³/mol. The molecule has 4 rings (SSSR count). The monoisotopic (exact) mass is 449 g/mol. The Labute approximate surface area is 187 Å². The number of halogens is 2. The number of hydrogen-bond donors (Lipinski definition) is 2. The highest BCUT2D eigenvalue weighted by molar-refractivity contribution is 6.08. The van der Waals surface area contributed by atoms with E-state index in [-0.39, 0.29) is 6.42 Å². The molecule has 0 spiro atoms. The molecule has 2 aromatic rings. The number of nitrogens with zero attached hydrogens (tertiary/aromatic N) is 1. The summed E-state index contributed by atoms with van der Waals surface area (Å²) in [7, 11) is 0. The van der Waals surface area contributed by atoms with Crippen molar-refractivity contribution in [3.05, 3.63) is 93.9 Å². The molecule has 1 amide bonds. The summed E-state index contributed by atoms with van der Waals surface area (Å²) in [6, 6.07) is 8.64. The van der Waals surface area contributed by atoms with E-state index in [1.54, 1.807) is 36.4 Å². The highest BCUT2D eigenvalue weighted by Crippen LogP contribution is 2.26. The van der Waals surface area contributed by atoms with E-state index < -0.39 is 34.7 Å². The van der Waals surface area contributed by atoms with Gasteiger partial charge in [0.15, 0.2) is 5.56 Å². The Kier molecular flexibility index (Phi) is 5.59. The third-order valence-electron chi connectivity index (χ3n) is 5.40. The van der Waals surface area contributed by atoms with Crippen LogP contribution in [0.4, 0.5) is 8.78 Å². The van der Waals surface area contributed by atoms with E-state index in [1.807, 2.05) is 6.07 Å². The SMILES string of the molecule is C=c1ccc(C2=NOC(C)(C(=O)O)C2)cc1=C1C=CC(=[NH+]C(=O)c2c(F)cccc2F)C=C1. The Morgan fingerprint density at radius 2 is 1.79 bits per heavy atom. The first-order valence-corrected chi connectivity index (χ1v) is 9.98. The molecular weight excluding hydrogens is 430 g/mol. The second kappa shape index (κ2) is 8.38. The Bertz CT molecular complexity index is 1380. The zero-order valence-electron chi connectivity index (χ0n) is 17.6. The molecular formula is C25H19F2N2O4+. The molecule has 1 atom stereocenters. The van der Waals surface area contributed by atoms with Crippen molar-refractivity contribution < 1.29 is 33.3 Å². The third-order valence-corrected chi connectivity index (χ3v) is 5.40. The van der Waals surface area contributed by atoms with Crippen LogP contribution in [0.15, 0.2) is 65.9 Å². The Balaban J connectivity index is 1.63. The van der Waals surface area contributed by atoms with Gasteiger partial charge in [0.2, 0.25) is 11.3 Å². The largest absolute Gasteiger partial charge is 0.478 e. The van der Waals surface area contributed by atoms with E-state index in [9.17, 15) is 23.5 Å². The number of benzene rings is 2. The van der Waals surface area contributed by atoms with Crippen LogP contribution in [-0.4, -0.2) is 34.0 Å². The van der Waals surface area contributed by atoms with Crippen LogP contribution in [0.5, 0.6) is 0 Å². The smallest absolute Gasteiger partial charge is 0.424 e. The fourth-order valence-corrected chi connectivity index (χ4v) is 3.48. The molecule has 33 heavy (non-hydrogen) atoms. The van der Waals surface area contributed by atoms with E-state index in [2.05, 4.69) is 16.7 Å². The van der Waals surface area contributed by atoms with Crippen molar-refractivity contribution in [2.75, 3.05) is 0 Å². The number of amides is 1. The molecule has 1 heterocycles. The van der Waals surface area contributed by atoms with E-state index in [1.165, 1.54) is 13.0 Å². The number of carbonyl (C=O) groups is 2. The van der Waals surface area contributed by atoms with Crippen LogP contribution < -0.4 is 15.4 Å². The standard InChI is InChI=1S/C25H18F2N2O4/c1-14-6-7-16(21-13-25(2,24(31)32)33-29-21)12-18(14)15-8-10-17(11-9-15)28-23(30)22-19(26)4-3-5-20(22)27/h3-12H,1,13H2,2H3,(H,31,32)/p+1. The molecule has 1 aliphatic heterocycles. The van der Waals surface area contributed by atoms with Crippen molar-refractivity contribution in [1.29, 1.82) is 0 Å². The van der Waals surface area contributed by atoms with Crippen molar-refractivity contribution in [2.45, 2.75) is 18.9 Å². The molecule has 1 unspecified atom stereocenters. The van der Waals surface area contributed by atoms with Crippen molar-refractivity contribution in [3.63, 3.8) is 0 Å². The number of carbonyl (C=O) groups excluding carboxylic acids is 1. The van der Waals surface area contributed by atoms with Gasteiger partial charge in [-0.05, 0) is 53.3 Å². The molecule has 0 aromatic heterocycles. The minimum Gasteiger partial charge on any atom is -0.478 e. The number of rotatable bonds is 3. The minimum atomic E-state index is -1.41. The maximum absolute atomic E-state index is 13.8. The van der Waals surface area contributed by atoms with Gasteiger partial charge in [-0.3, -0.25) is 0 Å². The summed E-state index contributed by atoms with van der Waals surface area (Å²) < 4.78 is 27.7. The summed E-state index contributed by atoms with van der Waals surface area (Å²) in [5.41, 5.74) is 0.293. The van der Waals surface area contributed by atoms with E-state index in [4.69, 9.17) is 4.84 Å². The van der Waals surface area contributed by atoms with Crippen molar-refractivity contribution >= 4 is 35.5 Å². The maximum atomic E-state index is 13.8. The molecule has 2 aromatic carbocycles. The average molecular weight is 449 g/mol. The minimum absolute atomic E-state index is 0.121. The van der Waals surface area contributed by atoms with Crippen LogP contribution in [-0.2, 0) is 9.63 Å². The lowest BCUT2D eigenvalue weighted by atomic mass is 9.94. The lowest BCUT2D eigenvalue weighted by Crippen LogP contribution is -2.77. The van der Waals surface area contributed by atoms with Crippen LogP contribution in [0.3, 0.4) is 0 Å². The average Bonchev–Trinajstić information content (AvgIpc) is 3.18. The van der Waals surface area contributed by atoms with Crippen LogP contribution >= 0.6 is 0 Å². The summed E-state index contributed by atoms with van der Waals surface area (Å²) in [5.74, 6) is -3.87. The molecule has 2 N–H and O–H groups in total. The number of nitrogens with one attached hydrogen (secondary N) is 1. The van der Waals surface area contributed by atoms with Crippen molar-refractivity contribution in [2.24, 2.45) is 5.16 Å². The van der Waals surface area contributed by atoms with Crippen LogP contribution in [0.1, 0.15) is 29.3 Å². The third kappa shape index (κ3) is 4.27. The van der Waals surface area contributed by atoms with Gasteiger partial charge < -0.3 is 9.94 Å². The van der Waals surface area contributed by atoms with E-state index >= 15 is 0 Å². The Hall–Kier alpha value is -4.20. The van der Waals surface area contributed by atoms with Gasteiger partial charge in [0.05, 0.1) is 5.71 Å². The van der Waals surface area contributed by atoms with Gasteiger partial charge in [-0.15, -0.1) is 0 Å². The van der Waals surface area contributed by atoms with Gasteiger partial charge in [0, 0.05) is 24.1 Å². The Morgan fingerprint density at radius 3 is 2.39 bits per heavy atom. The molecule has 0 saturated heterocycles. The number of oxime groups is 1. The summed E-state index contributed by atoms with van der Waals surface area (Å²) in [4.78, 5) is 31.3. The number of aliphatic carboxylic acids is 1. The first-order chi connectivity index (χ1) is 15.7. The van der Waals surface area contributed by atoms with E-state index in [0.29, 0.717) is 17.0 Å². The molecule has 2 aliphatic rings. The second-order valence-electron chi connectivity index (χ2n) is 7.84. The zero-order chi connectivity index (χ0) is 23.8.